The molecule has 21 heavy (non-hydrogen) atoms. The van der Waals surface area contributed by atoms with E-state index in [0.717, 1.165) is 5.56 Å². The molecule has 0 saturated heterocycles. The average molecular weight is 310 g/mol. The average Bonchev–Trinajstić information content (AvgIpc) is 2.84. The van der Waals surface area contributed by atoms with Crippen LogP contribution in [-0.4, -0.2) is 20.7 Å². The highest BCUT2D eigenvalue weighted by atomic mass is 32.2. The molecule has 0 saturated carbocycles. The van der Waals surface area contributed by atoms with Crippen LogP contribution in [0.25, 0.3) is 0 Å². The maximum Gasteiger partial charge on any atom is 0.241 e. The quantitative estimate of drug-likeness (QED) is 0.914. The first kappa shape index (κ1) is 15.5. The van der Waals surface area contributed by atoms with Gasteiger partial charge in [0.25, 0.3) is 0 Å². The molecule has 0 atom stereocenters. The Balaban J connectivity index is 2.25. The SMILES string of the molecule is COc1cc(C)c(S(=O)(=O)NCc2cc(C)on2)cc1C. The highest BCUT2D eigenvalue weighted by Gasteiger charge is 2.19. The summed E-state index contributed by atoms with van der Waals surface area (Å²) in [4.78, 5) is 0.237. The van der Waals surface area contributed by atoms with E-state index in [1.54, 1.807) is 46.1 Å². The number of aryl methyl sites for hydroxylation is 3. The molecule has 0 amide bonds. The number of ether oxygens (including phenoxy) is 1. The first-order chi connectivity index (χ1) is 9.83. The van der Waals surface area contributed by atoms with Gasteiger partial charge in [0.1, 0.15) is 11.5 Å². The molecule has 2 rings (SSSR count). The first-order valence-electron chi connectivity index (χ1n) is 6.40. The van der Waals surface area contributed by atoms with E-state index < -0.39 is 10.0 Å². The second-order valence-corrected chi connectivity index (χ2v) is 6.58. The summed E-state index contributed by atoms with van der Waals surface area (Å²) in [5, 5.41) is 3.76. The molecular formula is C14H18N2O4S. The van der Waals surface area contributed by atoms with Gasteiger partial charge in [0.05, 0.1) is 24.2 Å². The lowest BCUT2D eigenvalue weighted by atomic mass is 10.1. The number of nitrogens with one attached hydrogen (secondary N) is 1. The summed E-state index contributed by atoms with van der Waals surface area (Å²) in [6.07, 6.45) is 0. The zero-order chi connectivity index (χ0) is 15.6. The van der Waals surface area contributed by atoms with Crippen molar-refractivity contribution in [3.63, 3.8) is 0 Å². The number of benzene rings is 1. The molecule has 7 heteroatoms. The molecule has 0 aliphatic heterocycles. The summed E-state index contributed by atoms with van der Waals surface area (Å²) < 4.78 is 37.4. The van der Waals surface area contributed by atoms with E-state index in [1.807, 2.05) is 0 Å². The fourth-order valence-electron chi connectivity index (χ4n) is 2.02. The van der Waals surface area contributed by atoms with Crippen molar-refractivity contribution in [1.29, 1.82) is 0 Å². The minimum Gasteiger partial charge on any atom is -0.496 e. The fraction of sp³-hybridized carbons (Fsp3) is 0.357. The van der Waals surface area contributed by atoms with Gasteiger partial charge in [-0.1, -0.05) is 5.16 Å². The van der Waals surface area contributed by atoms with Crippen molar-refractivity contribution >= 4 is 10.0 Å². The molecule has 0 aliphatic rings. The minimum atomic E-state index is -3.61. The molecule has 0 spiro atoms. The van der Waals surface area contributed by atoms with Gasteiger partial charge in [0.15, 0.2) is 0 Å². The van der Waals surface area contributed by atoms with Crippen LogP contribution in [0.2, 0.25) is 0 Å². The summed E-state index contributed by atoms with van der Waals surface area (Å²) in [5.74, 6) is 1.30. The second-order valence-electron chi connectivity index (χ2n) is 4.84. The van der Waals surface area contributed by atoms with E-state index >= 15 is 0 Å². The smallest absolute Gasteiger partial charge is 0.241 e. The summed E-state index contributed by atoms with van der Waals surface area (Å²) in [6, 6.07) is 5.00. The zero-order valence-electron chi connectivity index (χ0n) is 12.4. The van der Waals surface area contributed by atoms with Crippen LogP contribution in [0.15, 0.2) is 27.6 Å². The minimum absolute atomic E-state index is 0.0875. The van der Waals surface area contributed by atoms with Crippen LogP contribution in [-0.2, 0) is 16.6 Å². The van der Waals surface area contributed by atoms with Crippen LogP contribution < -0.4 is 9.46 Å². The van der Waals surface area contributed by atoms with Crippen LogP contribution in [0.3, 0.4) is 0 Å². The van der Waals surface area contributed by atoms with E-state index in [2.05, 4.69) is 9.88 Å². The molecule has 1 heterocycles. The van der Waals surface area contributed by atoms with E-state index in [4.69, 9.17) is 9.26 Å². The van der Waals surface area contributed by atoms with E-state index in [0.29, 0.717) is 22.8 Å². The van der Waals surface area contributed by atoms with Gasteiger partial charge in [0, 0.05) is 6.07 Å². The van der Waals surface area contributed by atoms with Crippen molar-refractivity contribution in [2.75, 3.05) is 7.11 Å². The van der Waals surface area contributed by atoms with Crippen LogP contribution in [0.5, 0.6) is 5.75 Å². The standard InChI is InChI=1S/C14H18N2O4S/c1-9-6-14(10(2)5-13(9)19-4)21(17,18)15-8-12-7-11(3)20-16-12/h5-7,15H,8H2,1-4H3. The third kappa shape index (κ3) is 3.43. The lowest BCUT2D eigenvalue weighted by Gasteiger charge is -2.12. The summed E-state index contributed by atoms with van der Waals surface area (Å²) in [6.45, 7) is 5.38. The molecule has 0 bridgehead atoms. The van der Waals surface area contributed by atoms with Gasteiger partial charge >= 0.3 is 0 Å². The summed E-state index contributed by atoms with van der Waals surface area (Å²) >= 11 is 0. The van der Waals surface area contributed by atoms with Crippen molar-refractivity contribution in [1.82, 2.24) is 9.88 Å². The van der Waals surface area contributed by atoms with Crippen molar-refractivity contribution < 1.29 is 17.7 Å². The predicted molar refractivity (Wildman–Crippen MR) is 77.7 cm³/mol. The maximum atomic E-state index is 12.4. The van der Waals surface area contributed by atoms with E-state index in [-0.39, 0.29) is 11.4 Å². The van der Waals surface area contributed by atoms with Gasteiger partial charge in [-0.25, -0.2) is 13.1 Å². The Bertz CT molecular complexity index is 750. The Morgan fingerprint density at radius 1 is 1.19 bits per heavy atom. The van der Waals surface area contributed by atoms with Crippen molar-refractivity contribution in [3.8, 4) is 5.75 Å². The molecule has 0 aliphatic carbocycles. The van der Waals surface area contributed by atoms with Crippen molar-refractivity contribution in [2.45, 2.75) is 32.2 Å². The number of rotatable bonds is 5. The molecule has 114 valence electrons. The Morgan fingerprint density at radius 2 is 1.90 bits per heavy atom. The number of hydrogen-bond acceptors (Lipinski definition) is 5. The summed E-state index contributed by atoms with van der Waals surface area (Å²) in [5.41, 5.74) is 1.93. The molecule has 1 aromatic heterocycles. The highest BCUT2D eigenvalue weighted by Crippen LogP contribution is 2.25. The van der Waals surface area contributed by atoms with Crippen LogP contribution in [0.4, 0.5) is 0 Å². The van der Waals surface area contributed by atoms with Gasteiger partial charge in [0.2, 0.25) is 10.0 Å². The summed E-state index contributed by atoms with van der Waals surface area (Å²) in [7, 11) is -2.06. The Kier molecular flexibility index (Phi) is 4.34. The molecular weight excluding hydrogens is 292 g/mol. The lowest BCUT2D eigenvalue weighted by Crippen LogP contribution is -2.24. The van der Waals surface area contributed by atoms with E-state index in [1.165, 1.54) is 0 Å². The van der Waals surface area contributed by atoms with Crippen LogP contribution >= 0.6 is 0 Å². The monoisotopic (exact) mass is 310 g/mol. The molecule has 1 N–H and O–H groups in total. The molecule has 2 aromatic rings. The molecule has 6 nitrogen and oxygen atoms in total. The second kappa shape index (κ2) is 5.87. The topological polar surface area (TPSA) is 81.4 Å². The third-order valence-corrected chi connectivity index (χ3v) is 4.65. The predicted octanol–water partition coefficient (Wildman–Crippen LogP) is 2.09. The van der Waals surface area contributed by atoms with Gasteiger partial charge in [-0.15, -0.1) is 0 Å². The largest absolute Gasteiger partial charge is 0.496 e. The number of hydrogen-bond donors (Lipinski definition) is 1. The number of aromatic nitrogens is 1. The Morgan fingerprint density at radius 3 is 2.48 bits per heavy atom. The number of nitrogens with zero attached hydrogens (tertiary/aromatic N) is 1. The van der Waals surface area contributed by atoms with Gasteiger partial charge in [-0.3, -0.25) is 0 Å². The molecule has 1 aromatic carbocycles. The van der Waals surface area contributed by atoms with Gasteiger partial charge in [-0.2, -0.15) is 0 Å². The van der Waals surface area contributed by atoms with Crippen molar-refractivity contribution in [2.24, 2.45) is 0 Å². The number of methoxy groups -OCH3 is 1. The molecule has 0 radical (unpaired) electrons. The van der Waals surface area contributed by atoms with Gasteiger partial charge < -0.3 is 9.26 Å². The molecule has 0 unspecified atom stereocenters. The Labute approximate surface area is 124 Å². The molecule has 0 fully saturated rings. The van der Waals surface area contributed by atoms with Gasteiger partial charge in [-0.05, 0) is 44.0 Å². The lowest BCUT2D eigenvalue weighted by molar-refractivity contribution is 0.390. The fourth-order valence-corrected chi connectivity index (χ4v) is 3.33. The van der Waals surface area contributed by atoms with E-state index in [9.17, 15) is 8.42 Å². The van der Waals surface area contributed by atoms with Crippen molar-refractivity contribution in [3.05, 3.63) is 40.8 Å². The third-order valence-electron chi connectivity index (χ3n) is 3.10. The highest BCUT2D eigenvalue weighted by molar-refractivity contribution is 7.89. The van der Waals surface area contributed by atoms with Crippen LogP contribution in [0, 0.1) is 20.8 Å². The normalized spacial score (nSPS) is 11.6. The Hall–Kier alpha value is -1.86. The zero-order valence-corrected chi connectivity index (χ0v) is 13.2. The first-order valence-corrected chi connectivity index (χ1v) is 7.89. The van der Waals surface area contributed by atoms with Crippen LogP contribution in [0.1, 0.15) is 22.6 Å². The maximum absolute atomic E-state index is 12.4. The number of sulfonamides is 1.